The molecule has 2 aromatic carbocycles. The summed E-state index contributed by atoms with van der Waals surface area (Å²) in [7, 11) is 1.55. The third kappa shape index (κ3) is 4.72. The van der Waals surface area contributed by atoms with Crippen molar-refractivity contribution in [3.63, 3.8) is 0 Å². The highest BCUT2D eigenvalue weighted by molar-refractivity contribution is 6.13. The molecule has 156 valence electrons. The van der Waals surface area contributed by atoms with E-state index >= 15 is 0 Å². The molecule has 7 nitrogen and oxygen atoms in total. The Labute approximate surface area is 179 Å². The van der Waals surface area contributed by atoms with Crippen LogP contribution in [0.25, 0.3) is 6.08 Å². The molecule has 1 aliphatic heterocycles. The molecule has 1 aromatic heterocycles. The van der Waals surface area contributed by atoms with Gasteiger partial charge in [0, 0.05) is 12.4 Å². The van der Waals surface area contributed by atoms with Crippen LogP contribution in [0.5, 0.6) is 11.5 Å². The number of nitrogens with zero attached hydrogens (tertiary/aromatic N) is 2. The smallest absolute Gasteiger partial charge is 0.329 e. The summed E-state index contributed by atoms with van der Waals surface area (Å²) in [5, 5.41) is 2.64. The van der Waals surface area contributed by atoms with Gasteiger partial charge in [0.15, 0.2) is 11.5 Å². The van der Waals surface area contributed by atoms with Gasteiger partial charge in [-0.25, -0.2) is 4.79 Å². The SMILES string of the molecule is COc1cc(/C=C2/NC(=O)N(Cc3ccccc3)C2=O)ccc1OCc1ccncc1. The second kappa shape index (κ2) is 9.13. The van der Waals surface area contributed by atoms with Crippen molar-refractivity contribution in [1.29, 1.82) is 0 Å². The van der Waals surface area contributed by atoms with E-state index in [1.54, 1.807) is 43.8 Å². The van der Waals surface area contributed by atoms with E-state index in [-0.39, 0.29) is 18.1 Å². The fourth-order valence-electron chi connectivity index (χ4n) is 3.18. The average molecular weight is 415 g/mol. The van der Waals surface area contributed by atoms with Crippen LogP contribution in [0, 0.1) is 0 Å². The van der Waals surface area contributed by atoms with Crippen molar-refractivity contribution >= 4 is 18.0 Å². The van der Waals surface area contributed by atoms with Crippen LogP contribution in [0.1, 0.15) is 16.7 Å². The molecule has 0 radical (unpaired) electrons. The van der Waals surface area contributed by atoms with E-state index in [0.29, 0.717) is 23.7 Å². The molecule has 31 heavy (non-hydrogen) atoms. The molecule has 0 aliphatic carbocycles. The van der Waals surface area contributed by atoms with Crippen molar-refractivity contribution in [1.82, 2.24) is 15.2 Å². The number of amides is 3. The standard InChI is InChI=1S/C24H21N3O4/c1-30-22-14-19(7-8-21(22)31-16-18-9-11-25-12-10-18)13-20-23(28)27(24(29)26-20)15-17-5-3-2-4-6-17/h2-14H,15-16H2,1H3,(H,26,29)/b20-13+. The van der Waals surface area contributed by atoms with Gasteiger partial charge in [0.1, 0.15) is 12.3 Å². The summed E-state index contributed by atoms with van der Waals surface area (Å²) in [5.74, 6) is 0.737. The zero-order valence-corrected chi connectivity index (χ0v) is 16.9. The molecule has 0 atom stereocenters. The normalized spacial score (nSPS) is 14.6. The Balaban J connectivity index is 1.49. The number of carbonyl (C=O) groups excluding carboxylic acids is 2. The second-order valence-electron chi connectivity index (χ2n) is 6.92. The van der Waals surface area contributed by atoms with Crippen LogP contribution < -0.4 is 14.8 Å². The van der Waals surface area contributed by atoms with Gasteiger partial charge in [-0.3, -0.25) is 14.7 Å². The second-order valence-corrected chi connectivity index (χ2v) is 6.92. The Kier molecular flexibility index (Phi) is 5.93. The van der Waals surface area contributed by atoms with Crippen molar-refractivity contribution in [3.8, 4) is 11.5 Å². The Morgan fingerprint density at radius 2 is 1.74 bits per heavy atom. The van der Waals surface area contributed by atoms with Gasteiger partial charge >= 0.3 is 6.03 Å². The van der Waals surface area contributed by atoms with Crippen LogP contribution in [-0.2, 0) is 17.9 Å². The number of pyridine rings is 1. The Morgan fingerprint density at radius 1 is 0.968 bits per heavy atom. The predicted molar refractivity (Wildman–Crippen MR) is 115 cm³/mol. The number of rotatable bonds is 7. The molecule has 3 aromatic rings. The quantitative estimate of drug-likeness (QED) is 0.469. The number of ether oxygens (including phenoxy) is 2. The predicted octanol–water partition coefficient (Wildman–Crippen LogP) is 3.76. The molecule has 0 spiro atoms. The van der Waals surface area contributed by atoms with Gasteiger partial charge in [0.2, 0.25) is 0 Å². The van der Waals surface area contributed by atoms with E-state index in [1.807, 2.05) is 42.5 Å². The van der Waals surface area contributed by atoms with Gasteiger partial charge in [-0.1, -0.05) is 36.4 Å². The van der Waals surface area contributed by atoms with E-state index in [1.165, 1.54) is 4.90 Å². The first-order valence-electron chi connectivity index (χ1n) is 9.72. The zero-order valence-electron chi connectivity index (χ0n) is 16.9. The monoisotopic (exact) mass is 415 g/mol. The summed E-state index contributed by atoms with van der Waals surface area (Å²) in [6.07, 6.45) is 5.04. The van der Waals surface area contributed by atoms with Crippen LogP contribution in [0.3, 0.4) is 0 Å². The Morgan fingerprint density at radius 3 is 2.48 bits per heavy atom. The lowest BCUT2D eigenvalue weighted by molar-refractivity contribution is -0.123. The molecule has 0 bridgehead atoms. The summed E-state index contributed by atoms with van der Waals surface area (Å²) in [6, 6.07) is 18.0. The van der Waals surface area contributed by atoms with Crippen LogP contribution >= 0.6 is 0 Å². The summed E-state index contributed by atoms with van der Waals surface area (Å²) in [4.78, 5) is 30.2. The van der Waals surface area contributed by atoms with Crippen molar-refractivity contribution in [3.05, 3.63) is 95.4 Å². The van der Waals surface area contributed by atoms with Gasteiger partial charge in [-0.05, 0) is 47.0 Å². The maximum atomic E-state index is 12.7. The van der Waals surface area contributed by atoms with Gasteiger partial charge in [-0.2, -0.15) is 0 Å². The number of carbonyl (C=O) groups is 2. The molecule has 1 N–H and O–H groups in total. The molecule has 2 heterocycles. The highest BCUT2D eigenvalue weighted by Crippen LogP contribution is 2.30. The highest BCUT2D eigenvalue weighted by Gasteiger charge is 2.33. The number of hydrogen-bond donors (Lipinski definition) is 1. The molecule has 1 fully saturated rings. The van der Waals surface area contributed by atoms with Gasteiger partial charge in [-0.15, -0.1) is 0 Å². The fourth-order valence-corrected chi connectivity index (χ4v) is 3.18. The van der Waals surface area contributed by atoms with Crippen LogP contribution in [0.4, 0.5) is 4.79 Å². The highest BCUT2D eigenvalue weighted by atomic mass is 16.5. The molecular weight excluding hydrogens is 394 g/mol. The van der Waals surface area contributed by atoms with Crippen LogP contribution in [0.2, 0.25) is 0 Å². The molecule has 1 aliphatic rings. The van der Waals surface area contributed by atoms with Gasteiger partial charge in [0.05, 0.1) is 13.7 Å². The van der Waals surface area contributed by atoms with E-state index < -0.39 is 6.03 Å². The number of urea groups is 1. The molecular formula is C24H21N3O4. The van der Waals surface area contributed by atoms with Crippen molar-refractivity contribution in [2.75, 3.05) is 7.11 Å². The maximum absolute atomic E-state index is 12.7. The Hall–Kier alpha value is -4.13. The lowest BCUT2D eigenvalue weighted by atomic mass is 10.1. The minimum atomic E-state index is -0.440. The number of nitrogens with one attached hydrogen (secondary N) is 1. The number of methoxy groups -OCH3 is 1. The van der Waals surface area contributed by atoms with Crippen molar-refractivity contribution < 1.29 is 19.1 Å². The first kappa shape index (κ1) is 20.2. The first-order valence-corrected chi connectivity index (χ1v) is 9.72. The Bertz CT molecular complexity index is 1110. The van der Waals surface area contributed by atoms with Gasteiger partial charge < -0.3 is 14.8 Å². The number of aromatic nitrogens is 1. The lowest BCUT2D eigenvalue weighted by Gasteiger charge is -2.12. The lowest BCUT2D eigenvalue weighted by Crippen LogP contribution is -2.30. The molecule has 3 amide bonds. The van der Waals surface area contributed by atoms with Crippen molar-refractivity contribution in [2.24, 2.45) is 0 Å². The molecule has 0 saturated carbocycles. The van der Waals surface area contributed by atoms with Crippen LogP contribution in [-0.4, -0.2) is 28.9 Å². The average Bonchev–Trinajstić information content (AvgIpc) is 3.06. The molecule has 4 rings (SSSR count). The maximum Gasteiger partial charge on any atom is 0.329 e. The summed E-state index contributed by atoms with van der Waals surface area (Å²) in [5.41, 5.74) is 2.79. The van der Waals surface area contributed by atoms with Gasteiger partial charge in [0.25, 0.3) is 5.91 Å². The largest absolute Gasteiger partial charge is 0.493 e. The third-order valence-corrected chi connectivity index (χ3v) is 4.79. The third-order valence-electron chi connectivity index (χ3n) is 4.79. The minimum absolute atomic E-state index is 0.216. The van der Waals surface area contributed by atoms with E-state index in [9.17, 15) is 9.59 Å². The number of benzene rings is 2. The summed E-state index contributed by atoms with van der Waals surface area (Å²) < 4.78 is 11.3. The summed E-state index contributed by atoms with van der Waals surface area (Å²) in [6.45, 7) is 0.594. The molecule has 0 unspecified atom stereocenters. The molecule has 1 saturated heterocycles. The fraction of sp³-hybridized carbons (Fsp3) is 0.125. The minimum Gasteiger partial charge on any atom is -0.493 e. The summed E-state index contributed by atoms with van der Waals surface area (Å²) >= 11 is 0. The van der Waals surface area contributed by atoms with Crippen molar-refractivity contribution in [2.45, 2.75) is 13.2 Å². The van der Waals surface area contributed by atoms with E-state index in [4.69, 9.17) is 9.47 Å². The van der Waals surface area contributed by atoms with E-state index in [2.05, 4.69) is 10.3 Å². The van der Waals surface area contributed by atoms with E-state index in [0.717, 1.165) is 11.1 Å². The first-order chi connectivity index (χ1) is 15.1. The topological polar surface area (TPSA) is 80.8 Å². The molecule has 7 heteroatoms. The number of imide groups is 1. The zero-order chi connectivity index (χ0) is 21.6. The van der Waals surface area contributed by atoms with Crippen LogP contribution in [0.15, 0.2) is 78.8 Å². The number of hydrogen-bond acceptors (Lipinski definition) is 5.